The Kier molecular flexibility index (Phi) is 6.24. The van der Waals surface area contributed by atoms with Crippen LogP contribution in [0.25, 0.3) is 0 Å². The normalized spacial score (nSPS) is 17.0. The monoisotopic (exact) mass is 402 g/mol. The molecule has 1 amide bonds. The summed E-state index contributed by atoms with van der Waals surface area (Å²) in [5.74, 6) is 0.762. The summed E-state index contributed by atoms with van der Waals surface area (Å²) in [6.45, 7) is 4.70. The lowest BCUT2D eigenvalue weighted by atomic mass is 10.1. The van der Waals surface area contributed by atoms with Crippen LogP contribution in [0.15, 0.2) is 48.5 Å². The number of hydrogen-bond donors (Lipinski definition) is 1. The lowest BCUT2D eigenvalue weighted by molar-refractivity contribution is 0.0926. The Morgan fingerprint density at radius 3 is 2.54 bits per heavy atom. The number of ether oxygens (including phenoxy) is 1. The summed E-state index contributed by atoms with van der Waals surface area (Å²) in [5.41, 5.74) is 2.14. The number of carbonyl (C=O) groups is 1. The molecule has 0 radical (unpaired) electrons. The second kappa shape index (κ2) is 8.65. The van der Waals surface area contributed by atoms with Crippen LogP contribution in [0.2, 0.25) is 0 Å². The number of nitrogens with one attached hydrogen (secondary N) is 1. The largest absolute Gasteiger partial charge is 0.491 e. The van der Waals surface area contributed by atoms with Crippen molar-refractivity contribution in [3.8, 4) is 5.75 Å². The highest BCUT2D eigenvalue weighted by atomic mass is 32.2. The molecule has 0 saturated carbocycles. The van der Waals surface area contributed by atoms with E-state index in [0.29, 0.717) is 30.8 Å². The number of aryl methyl sites for hydroxylation is 1. The fourth-order valence-electron chi connectivity index (χ4n) is 3.14. The van der Waals surface area contributed by atoms with Crippen LogP contribution in [0.5, 0.6) is 5.75 Å². The van der Waals surface area contributed by atoms with E-state index in [1.54, 1.807) is 24.3 Å². The molecule has 0 aromatic heterocycles. The minimum absolute atomic E-state index is 0.172. The minimum Gasteiger partial charge on any atom is -0.491 e. The molecule has 7 heteroatoms. The van der Waals surface area contributed by atoms with E-state index in [4.69, 9.17) is 4.74 Å². The number of hydrogen-bond acceptors (Lipinski definition) is 4. The van der Waals surface area contributed by atoms with E-state index in [2.05, 4.69) is 5.32 Å². The molecule has 28 heavy (non-hydrogen) atoms. The van der Waals surface area contributed by atoms with Crippen LogP contribution >= 0.6 is 0 Å². The molecule has 6 nitrogen and oxygen atoms in total. The first-order valence-electron chi connectivity index (χ1n) is 9.46. The lowest BCUT2D eigenvalue weighted by Gasteiger charge is -2.28. The fourth-order valence-corrected chi connectivity index (χ4v) is 4.78. The molecule has 1 heterocycles. The molecule has 1 saturated heterocycles. The van der Waals surface area contributed by atoms with Crippen LogP contribution in [-0.4, -0.2) is 39.3 Å². The molecule has 3 rings (SSSR count). The van der Waals surface area contributed by atoms with Crippen molar-refractivity contribution in [1.82, 2.24) is 5.32 Å². The summed E-state index contributed by atoms with van der Waals surface area (Å²) in [6.07, 6.45) is 1.54. The van der Waals surface area contributed by atoms with Gasteiger partial charge in [0.15, 0.2) is 0 Å². The van der Waals surface area contributed by atoms with Gasteiger partial charge < -0.3 is 10.1 Å². The maximum atomic E-state index is 12.4. The molecule has 1 aliphatic rings. The van der Waals surface area contributed by atoms with Crippen LogP contribution in [0.3, 0.4) is 0 Å². The number of nitrogens with zero attached hydrogens (tertiary/aromatic N) is 1. The summed E-state index contributed by atoms with van der Waals surface area (Å²) >= 11 is 0. The van der Waals surface area contributed by atoms with Gasteiger partial charge in [0.05, 0.1) is 17.5 Å². The summed E-state index contributed by atoms with van der Waals surface area (Å²) in [6, 6.07) is 14.3. The molecule has 1 aliphatic heterocycles. The predicted molar refractivity (Wildman–Crippen MR) is 110 cm³/mol. The van der Waals surface area contributed by atoms with Gasteiger partial charge in [-0.2, -0.15) is 0 Å². The average molecular weight is 403 g/mol. The number of amides is 1. The van der Waals surface area contributed by atoms with Crippen LogP contribution in [-0.2, 0) is 10.0 Å². The zero-order valence-corrected chi connectivity index (χ0v) is 17.0. The molecule has 150 valence electrons. The van der Waals surface area contributed by atoms with Gasteiger partial charge in [-0.05, 0) is 62.6 Å². The maximum absolute atomic E-state index is 12.4. The van der Waals surface area contributed by atoms with E-state index >= 15 is 0 Å². The molecular weight excluding hydrogens is 376 g/mol. The standard InChI is InChI=1S/C21H26N2O4S/c1-16-7-3-4-8-20(16)27-15-17(2)22-21(24)18-9-11-19(12-10-18)23-13-5-6-14-28(23,25)26/h3-4,7-12,17H,5-6,13-15H2,1-2H3,(H,22,24). The van der Waals surface area contributed by atoms with E-state index in [0.717, 1.165) is 17.7 Å². The molecule has 1 fully saturated rings. The van der Waals surface area contributed by atoms with Crippen molar-refractivity contribution in [1.29, 1.82) is 0 Å². The summed E-state index contributed by atoms with van der Waals surface area (Å²) in [7, 11) is -3.25. The van der Waals surface area contributed by atoms with Gasteiger partial charge in [0, 0.05) is 12.1 Å². The number of rotatable bonds is 6. The summed E-state index contributed by atoms with van der Waals surface area (Å²) < 4.78 is 31.6. The summed E-state index contributed by atoms with van der Waals surface area (Å²) in [4.78, 5) is 12.4. The highest BCUT2D eigenvalue weighted by Crippen LogP contribution is 2.23. The zero-order chi connectivity index (χ0) is 20.1. The Hall–Kier alpha value is -2.54. The molecule has 0 aliphatic carbocycles. The van der Waals surface area contributed by atoms with Crippen molar-refractivity contribution in [2.75, 3.05) is 23.2 Å². The van der Waals surface area contributed by atoms with E-state index in [1.165, 1.54) is 4.31 Å². The third-order valence-electron chi connectivity index (χ3n) is 4.73. The van der Waals surface area contributed by atoms with E-state index in [-0.39, 0.29) is 17.7 Å². The topological polar surface area (TPSA) is 75.7 Å². The Morgan fingerprint density at radius 2 is 1.86 bits per heavy atom. The van der Waals surface area contributed by atoms with Gasteiger partial charge in [-0.25, -0.2) is 8.42 Å². The minimum atomic E-state index is -3.25. The van der Waals surface area contributed by atoms with Gasteiger partial charge in [-0.1, -0.05) is 18.2 Å². The molecule has 1 unspecified atom stereocenters. The first-order chi connectivity index (χ1) is 13.4. The molecule has 1 N–H and O–H groups in total. The van der Waals surface area contributed by atoms with Crippen LogP contribution in [0.4, 0.5) is 5.69 Å². The van der Waals surface area contributed by atoms with Gasteiger partial charge in [0.1, 0.15) is 12.4 Å². The molecule has 1 atom stereocenters. The Balaban J connectivity index is 1.58. The predicted octanol–water partition coefficient (Wildman–Crippen LogP) is 3.12. The third-order valence-corrected chi connectivity index (χ3v) is 6.60. The van der Waals surface area contributed by atoms with Gasteiger partial charge in [-0.3, -0.25) is 9.10 Å². The van der Waals surface area contributed by atoms with Gasteiger partial charge in [0.25, 0.3) is 5.91 Å². The van der Waals surface area contributed by atoms with E-state index in [9.17, 15) is 13.2 Å². The van der Waals surface area contributed by atoms with Crippen LogP contribution < -0.4 is 14.4 Å². The number of anilines is 1. The summed E-state index contributed by atoms with van der Waals surface area (Å²) in [5, 5.41) is 2.91. The number of benzene rings is 2. The Morgan fingerprint density at radius 1 is 1.14 bits per heavy atom. The zero-order valence-electron chi connectivity index (χ0n) is 16.2. The van der Waals surface area contributed by atoms with Crippen LogP contribution in [0, 0.1) is 6.92 Å². The van der Waals surface area contributed by atoms with Crippen molar-refractivity contribution in [2.45, 2.75) is 32.7 Å². The van der Waals surface area contributed by atoms with Crippen molar-refractivity contribution in [3.05, 3.63) is 59.7 Å². The first-order valence-corrected chi connectivity index (χ1v) is 11.1. The highest BCUT2D eigenvalue weighted by Gasteiger charge is 2.26. The third kappa shape index (κ3) is 4.84. The molecule has 2 aromatic rings. The molecular formula is C21H26N2O4S. The molecule has 0 spiro atoms. The van der Waals surface area contributed by atoms with Gasteiger partial charge in [-0.15, -0.1) is 0 Å². The van der Waals surface area contributed by atoms with Crippen molar-refractivity contribution < 1.29 is 17.9 Å². The Bertz CT molecular complexity index is 926. The number of carbonyl (C=O) groups excluding carboxylic acids is 1. The van der Waals surface area contributed by atoms with Gasteiger partial charge in [0.2, 0.25) is 10.0 Å². The second-order valence-corrected chi connectivity index (χ2v) is 9.11. The van der Waals surface area contributed by atoms with E-state index in [1.807, 2.05) is 38.1 Å². The lowest BCUT2D eigenvalue weighted by Crippen LogP contribution is -2.38. The Labute approximate surface area is 166 Å². The van der Waals surface area contributed by atoms with Crippen molar-refractivity contribution in [3.63, 3.8) is 0 Å². The van der Waals surface area contributed by atoms with Crippen molar-refractivity contribution >= 4 is 21.6 Å². The van der Waals surface area contributed by atoms with Gasteiger partial charge >= 0.3 is 0 Å². The van der Waals surface area contributed by atoms with Crippen LogP contribution in [0.1, 0.15) is 35.7 Å². The molecule has 2 aromatic carbocycles. The highest BCUT2D eigenvalue weighted by molar-refractivity contribution is 7.92. The smallest absolute Gasteiger partial charge is 0.251 e. The first kappa shape index (κ1) is 20.2. The van der Waals surface area contributed by atoms with Crippen molar-refractivity contribution in [2.24, 2.45) is 0 Å². The SMILES string of the molecule is Cc1ccccc1OCC(C)NC(=O)c1ccc(N2CCCCS2(=O)=O)cc1. The molecule has 0 bridgehead atoms. The second-order valence-electron chi connectivity index (χ2n) is 7.09. The average Bonchev–Trinajstić information content (AvgIpc) is 2.67. The fraction of sp³-hybridized carbons (Fsp3) is 0.381. The number of sulfonamides is 1. The quantitative estimate of drug-likeness (QED) is 0.806. The van der Waals surface area contributed by atoms with E-state index < -0.39 is 10.0 Å². The maximum Gasteiger partial charge on any atom is 0.251 e. The number of para-hydroxylation sites is 1.